The molecule has 0 aromatic heterocycles. The van der Waals surface area contributed by atoms with E-state index >= 15 is 0 Å². The summed E-state index contributed by atoms with van der Waals surface area (Å²) in [6, 6.07) is 10.1. The molecular weight excluding hydrogens is 400 g/mol. The highest BCUT2D eigenvalue weighted by atomic mass is 28.3. The van der Waals surface area contributed by atoms with Gasteiger partial charge in [-0.1, -0.05) is 66.4 Å². The van der Waals surface area contributed by atoms with Gasteiger partial charge in [0.25, 0.3) is 0 Å². The number of fused-ring (bicyclic) bond motifs is 2. The van der Waals surface area contributed by atoms with E-state index in [0.717, 1.165) is 0 Å². The summed E-state index contributed by atoms with van der Waals surface area (Å²) >= 11 is 0. The molecule has 5 unspecified atom stereocenters. The number of hydrogen-bond donors (Lipinski definition) is 0. The zero-order valence-corrected chi connectivity index (χ0v) is 17.9. The number of carbonyl (C=O) groups excluding carboxylic acids is 4. The molecule has 156 valence electrons. The van der Waals surface area contributed by atoms with Crippen LogP contribution in [0.15, 0.2) is 54.6 Å². The highest BCUT2D eigenvalue weighted by molar-refractivity contribution is 6.79. The summed E-state index contributed by atoms with van der Waals surface area (Å²) in [4.78, 5) is 46.1. The van der Waals surface area contributed by atoms with Crippen LogP contribution in [0.5, 0.6) is 0 Å². The maximum absolute atomic E-state index is 12.3. The van der Waals surface area contributed by atoms with Gasteiger partial charge < -0.3 is 9.47 Å². The summed E-state index contributed by atoms with van der Waals surface area (Å²) in [5.74, 6) is -1.96. The van der Waals surface area contributed by atoms with Crippen LogP contribution in [-0.2, 0) is 28.7 Å². The zero-order valence-electron chi connectivity index (χ0n) is 16.8. The fourth-order valence-electron chi connectivity index (χ4n) is 4.93. The van der Waals surface area contributed by atoms with Crippen molar-refractivity contribution in [2.75, 3.05) is 0 Å². The Morgan fingerprint density at radius 3 is 2.03 bits per heavy atom. The standard InChI is InChI=1S/C15H16O3Si.C8H8O3/c1-19(11-7-3-2-4-8-11)15-10-6-5-9-12(15)13(16)18-14(15)17;9-7-5-3-1-2-4-6(5)8(10)11-7/h2-8,12,19H,9-10H2,1H3;1-2,5-6H,3-4H2. The molecule has 7 heteroatoms. The molecule has 2 aliphatic carbocycles. The van der Waals surface area contributed by atoms with Gasteiger partial charge in [0.2, 0.25) is 0 Å². The molecule has 0 radical (unpaired) electrons. The van der Waals surface area contributed by atoms with E-state index in [2.05, 4.69) is 23.4 Å². The van der Waals surface area contributed by atoms with E-state index in [1.807, 2.05) is 42.5 Å². The third-order valence-corrected chi connectivity index (χ3v) is 10.6. The summed E-state index contributed by atoms with van der Waals surface area (Å²) in [7, 11) is -1.62. The second kappa shape index (κ2) is 8.14. The largest absolute Gasteiger partial charge is 0.393 e. The Labute approximate surface area is 176 Å². The third-order valence-electron chi connectivity index (χ3n) is 6.79. The van der Waals surface area contributed by atoms with Crippen LogP contribution >= 0.6 is 0 Å². The van der Waals surface area contributed by atoms with Crippen molar-refractivity contribution in [1.29, 1.82) is 0 Å². The quantitative estimate of drug-likeness (QED) is 0.313. The molecule has 2 fully saturated rings. The first-order valence-electron chi connectivity index (χ1n) is 10.3. The zero-order chi connectivity index (χ0) is 21.3. The Morgan fingerprint density at radius 1 is 0.800 bits per heavy atom. The topological polar surface area (TPSA) is 86.7 Å². The lowest BCUT2D eigenvalue weighted by molar-refractivity contribution is -0.155. The van der Waals surface area contributed by atoms with Gasteiger partial charge in [-0.3, -0.25) is 19.2 Å². The Bertz CT molecular complexity index is 912. The minimum Gasteiger partial charge on any atom is -0.393 e. The van der Waals surface area contributed by atoms with E-state index in [1.54, 1.807) is 0 Å². The van der Waals surface area contributed by atoms with Gasteiger partial charge in [-0.15, -0.1) is 0 Å². The van der Waals surface area contributed by atoms with Gasteiger partial charge in [0.05, 0.1) is 31.6 Å². The van der Waals surface area contributed by atoms with Crippen molar-refractivity contribution >= 4 is 37.9 Å². The minimum absolute atomic E-state index is 0.188. The van der Waals surface area contributed by atoms with Crippen LogP contribution < -0.4 is 5.19 Å². The second-order valence-electron chi connectivity index (χ2n) is 8.24. The lowest BCUT2D eigenvalue weighted by atomic mass is 9.84. The van der Waals surface area contributed by atoms with Crippen molar-refractivity contribution < 1.29 is 28.7 Å². The van der Waals surface area contributed by atoms with Crippen molar-refractivity contribution in [3.05, 3.63) is 54.6 Å². The molecule has 0 spiro atoms. The summed E-state index contributed by atoms with van der Waals surface area (Å²) in [5, 5.41) is 0.641. The van der Waals surface area contributed by atoms with E-state index in [0.29, 0.717) is 25.7 Å². The molecule has 0 N–H and O–H groups in total. The maximum atomic E-state index is 12.3. The van der Waals surface area contributed by atoms with Gasteiger partial charge in [0.15, 0.2) is 0 Å². The van der Waals surface area contributed by atoms with Crippen molar-refractivity contribution in [2.24, 2.45) is 17.8 Å². The van der Waals surface area contributed by atoms with Crippen LogP contribution in [0.2, 0.25) is 11.6 Å². The van der Waals surface area contributed by atoms with Crippen LogP contribution in [0.1, 0.15) is 25.7 Å². The Morgan fingerprint density at radius 2 is 1.40 bits per heavy atom. The third kappa shape index (κ3) is 3.37. The first kappa shape index (κ1) is 20.5. The first-order valence-corrected chi connectivity index (χ1v) is 12.6. The number of benzene rings is 1. The van der Waals surface area contributed by atoms with E-state index in [-0.39, 0.29) is 41.6 Å². The van der Waals surface area contributed by atoms with Crippen molar-refractivity contribution in [3.8, 4) is 0 Å². The van der Waals surface area contributed by atoms with Crippen LogP contribution in [-0.4, -0.2) is 32.7 Å². The number of cyclic esters (lactones) is 4. The van der Waals surface area contributed by atoms with Crippen LogP contribution in [0.25, 0.3) is 0 Å². The van der Waals surface area contributed by atoms with E-state index < -0.39 is 13.8 Å². The summed E-state index contributed by atoms with van der Waals surface area (Å²) < 4.78 is 9.46. The normalized spacial score (nSPS) is 32.5. The van der Waals surface area contributed by atoms with Crippen molar-refractivity contribution in [2.45, 2.75) is 37.3 Å². The molecule has 1 aromatic rings. The Kier molecular flexibility index (Phi) is 5.56. The second-order valence-corrected chi connectivity index (χ2v) is 11.4. The fourth-order valence-corrected chi connectivity index (χ4v) is 8.11. The molecule has 0 amide bonds. The van der Waals surface area contributed by atoms with Crippen LogP contribution in [0.3, 0.4) is 0 Å². The molecule has 4 aliphatic rings. The Hall–Kier alpha value is -2.80. The molecule has 6 nitrogen and oxygen atoms in total. The average Bonchev–Trinajstić information content (AvgIpc) is 3.22. The van der Waals surface area contributed by atoms with Crippen molar-refractivity contribution in [1.82, 2.24) is 0 Å². The fraction of sp³-hybridized carbons (Fsp3) is 0.391. The number of rotatable bonds is 2. The highest BCUT2D eigenvalue weighted by Gasteiger charge is 2.60. The average molecular weight is 425 g/mol. The van der Waals surface area contributed by atoms with Crippen molar-refractivity contribution in [3.63, 3.8) is 0 Å². The first-order chi connectivity index (χ1) is 14.4. The molecule has 0 saturated carbocycles. The molecule has 5 rings (SSSR count). The minimum atomic E-state index is -1.62. The maximum Gasteiger partial charge on any atom is 0.318 e. The molecule has 2 heterocycles. The molecule has 2 aliphatic heterocycles. The predicted molar refractivity (Wildman–Crippen MR) is 111 cm³/mol. The van der Waals surface area contributed by atoms with Gasteiger partial charge in [-0.2, -0.15) is 0 Å². The molecule has 2 saturated heterocycles. The van der Waals surface area contributed by atoms with Gasteiger partial charge in [0.1, 0.15) is 0 Å². The smallest absolute Gasteiger partial charge is 0.318 e. The Balaban J connectivity index is 0.000000168. The lowest BCUT2D eigenvalue weighted by Gasteiger charge is -2.35. The highest BCUT2D eigenvalue weighted by Crippen LogP contribution is 2.53. The van der Waals surface area contributed by atoms with Gasteiger partial charge in [-0.05, 0) is 25.7 Å². The lowest BCUT2D eigenvalue weighted by Crippen LogP contribution is -2.47. The molecule has 30 heavy (non-hydrogen) atoms. The number of carbonyl (C=O) groups is 4. The van der Waals surface area contributed by atoms with Crippen LogP contribution in [0, 0.1) is 17.8 Å². The number of hydrogen-bond acceptors (Lipinski definition) is 6. The van der Waals surface area contributed by atoms with E-state index in [4.69, 9.17) is 4.74 Å². The van der Waals surface area contributed by atoms with Gasteiger partial charge >= 0.3 is 23.9 Å². The summed E-state index contributed by atoms with van der Waals surface area (Å²) in [6.07, 6.45) is 10.5. The summed E-state index contributed by atoms with van der Waals surface area (Å²) in [6.45, 7) is 2.15. The molecule has 0 bridgehead atoms. The molecule has 5 atom stereocenters. The number of allylic oxidation sites excluding steroid dienone is 4. The van der Waals surface area contributed by atoms with Crippen LogP contribution in [0.4, 0.5) is 0 Å². The number of esters is 4. The van der Waals surface area contributed by atoms with E-state index in [1.165, 1.54) is 5.19 Å². The SMILES string of the molecule is C[SiH](c1ccccc1)C12CC=CCC1C(=O)OC2=O.O=C1OC(=O)C2CC=CCC12. The van der Waals surface area contributed by atoms with E-state index in [9.17, 15) is 19.2 Å². The predicted octanol–water partition coefficient (Wildman–Crippen LogP) is 2.19. The van der Waals surface area contributed by atoms with Gasteiger partial charge in [0, 0.05) is 0 Å². The molecule has 1 aromatic carbocycles. The monoisotopic (exact) mass is 424 g/mol. The summed E-state index contributed by atoms with van der Waals surface area (Å²) in [5.41, 5.74) is 0. The molecular formula is C23H24O6Si. The van der Waals surface area contributed by atoms with Gasteiger partial charge in [-0.25, -0.2) is 0 Å². The number of ether oxygens (including phenoxy) is 2.